The summed E-state index contributed by atoms with van der Waals surface area (Å²) in [6.07, 6.45) is 51.7. The van der Waals surface area contributed by atoms with Crippen LogP contribution >= 0.6 is 7.82 Å². The van der Waals surface area contributed by atoms with Gasteiger partial charge in [-0.25, -0.2) is 4.57 Å². The summed E-state index contributed by atoms with van der Waals surface area (Å²) >= 11 is 0. The van der Waals surface area contributed by atoms with Gasteiger partial charge < -0.3 is 18.9 Å². The lowest BCUT2D eigenvalue weighted by atomic mass is 10.1. The van der Waals surface area contributed by atoms with Gasteiger partial charge in [0, 0.05) is 13.0 Å². The monoisotopic (exact) mass is 789 g/mol. The summed E-state index contributed by atoms with van der Waals surface area (Å²) in [6, 6.07) is 0. The smallest absolute Gasteiger partial charge is 0.457 e. The molecule has 1 N–H and O–H groups in total. The van der Waals surface area contributed by atoms with Gasteiger partial charge >= 0.3 is 13.8 Å². The molecule has 314 valence electrons. The van der Waals surface area contributed by atoms with Gasteiger partial charge in [0.05, 0.1) is 34.4 Å². The Balaban J connectivity index is 4.41. The minimum Gasteiger partial charge on any atom is -0.457 e. The molecular formula is C46H79NO7P+. The van der Waals surface area contributed by atoms with E-state index in [0.29, 0.717) is 24.1 Å². The van der Waals surface area contributed by atoms with E-state index >= 15 is 0 Å². The molecule has 0 fully saturated rings. The van der Waals surface area contributed by atoms with Gasteiger partial charge in [0.15, 0.2) is 0 Å². The van der Waals surface area contributed by atoms with Crippen molar-refractivity contribution in [2.75, 3.05) is 54.1 Å². The van der Waals surface area contributed by atoms with Crippen molar-refractivity contribution in [2.45, 2.75) is 136 Å². The summed E-state index contributed by atoms with van der Waals surface area (Å²) in [7, 11) is 1.60. The summed E-state index contributed by atoms with van der Waals surface area (Å²) in [5.41, 5.74) is 0. The Morgan fingerprint density at radius 3 is 1.58 bits per heavy atom. The molecule has 0 aromatic heterocycles. The second-order valence-electron chi connectivity index (χ2n) is 14.6. The fraction of sp³-hybridized carbons (Fsp3) is 0.630. The second-order valence-corrected chi connectivity index (χ2v) is 16.1. The van der Waals surface area contributed by atoms with Gasteiger partial charge in [-0.15, -0.1) is 0 Å². The lowest BCUT2D eigenvalue weighted by Crippen LogP contribution is -2.37. The van der Waals surface area contributed by atoms with Crippen molar-refractivity contribution in [2.24, 2.45) is 0 Å². The number of carbonyl (C=O) groups excluding carboxylic acids is 1. The predicted octanol–water partition coefficient (Wildman–Crippen LogP) is 12.3. The third kappa shape index (κ3) is 42.4. The van der Waals surface area contributed by atoms with E-state index < -0.39 is 13.9 Å². The Morgan fingerprint density at radius 2 is 1.05 bits per heavy atom. The number of nitrogens with zero attached hydrogens (tertiary/aromatic N) is 1. The summed E-state index contributed by atoms with van der Waals surface area (Å²) in [6.45, 7) is 5.22. The molecule has 0 bridgehead atoms. The summed E-state index contributed by atoms with van der Waals surface area (Å²) in [5.74, 6) is -0.354. The largest absolute Gasteiger partial charge is 0.472 e. The highest BCUT2D eigenvalue weighted by Crippen LogP contribution is 2.43. The molecule has 0 aliphatic carbocycles. The molecule has 55 heavy (non-hydrogen) atoms. The van der Waals surface area contributed by atoms with Crippen LogP contribution in [0.5, 0.6) is 0 Å². The van der Waals surface area contributed by atoms with E-state index in [4.69, 9.17) is 18.5 Å². The molecule has 0 aromatic rings. The Bertz CT molecular complexity index is 1190. The van der Waals surface area contributed by atoms with Crippen LogP contribution in [0.1, 0.15) is 129 Å². The third-order valence-electron chi connectivity index (χ3n) is 8.11. The first-order valence-electron chi connectivity index (χ1n) is 21.0. The molecule has 0 aromatic carbocycles. The molecule has 0 saturated heterocycles. The molecule has 0 spiro atoms. The molecule has 2 unspecified atom stereocenters. The van der Waals surface area contributed by atoms with Gasteiger partial charge in [0.25, 0.3) is 0 Å². The molecule has 0 aliphatic heterocycles. The number of likely N-dealkylation sites (N-methyl/N-ethyl adjacent to an activating group) is 1. The number of hydrogen-bond acceptors (Lipinski definition) is 6. The summed E-state index contributed by atoms with van der Waals surface area (Å²) in [5, 5.41) is 0. The molecule has 0 radical (unpaired) electrons. The maximum Gasteiger partial charge on any atom is 0.472 e. The Kier molecular flexibility index (Phi) is 36.5. The second kappa shape index (κ2) is 38.3. The van der Waals surface area contributed by atoms with Crippen LogP contribution in [0.3, 0.4) is 0 Å². The molecule has 9 heteroatoms. The van der Waals surface area contributed by atoms with Gasteiger partial charge in [-0.3, -0.25) is 13.8 Å². The molecule has 0 heterocycles. The van der Waals surface area contributed by atoms with Crippen LogP contribution in [0.15, 0.2) is 97.2 Å². The van der Waals surface area contributed by atoms with Crippen molar-refractivity contribution in [1.82, 2.24) is 0 Å². The van der Waals surface area contributed by atoms with Gasteiger partial charge in [0.2, 0.25) is 0 Å². The average Bonchev–Trinajstić information content (AvgIpc) is 3.13. The Hall–Kier alpha value is -2.58. The molecule has 0 rings (SSSR count). The lowest BCUT2D eigenvalue weighted by Gasteiger charge is -2.24. The number of carbonyl (C=O) groups is 1. The minimum atomic E-state index is -4.30. The summed E-state index contributed by atoms with van der Waals surface area (Å²) in [4.78, 5) is 22.8. The van der Waals surface area contributed by atoms with Crippen LogP contribution in [-0.2, 0) is 27.9 Å². The Morgan fingerprint density at radius 1 is 0.582 bits per heavy atom. The van der Waals surface area contributed by atoms with Crippen molar-refractivity contribution in [3.63, 3.8) is 0 Å². The molecule has 0 aliphatic rings. The maximum atomic E-state index is 12.6. The van der Waals surface area contributed by atoms with Crippen LogP contribution < -0.4 is 0 Å². The van der Waals surface area contributed by atoms with E-state index in [1.165, 1.54) is 6.42 Å². The number of allylic oxidation sites excluding steroid dienone is 16. The zero-order valence-corrected chi connectivity index (χ0v) is 36.3. The van der Waals surface area contributed by atoms with Crippen molar-refractivity contribution in [3.8, 4) is 0 Å². The van der Waals surface area contributed by atoms with Crippen LogP contribution in [0.25, 0.3) is 0 Å². The fourth-order valence-corrected chi connectivity index (χ4v) is 5.64. The van der Waals surface area contributed by atoms with E-state index in [1.807, 2.05) is 21.1 Å². The van der Waals surface area contributed by atoms with Crippen molar-refractivity contribution < 1.29 is 37.3 Å². The number of quaternary nitrogens is 1. The number of esters is 1. The number of hydrogen-bond donors (Lipinski definition) is 1. The van der Waals surface area contributed by atoms with Crippen molar-refractivity contribution >= 4 is 13.8 Å². The minimum absolute atomic E-state index is 0.0690. The maximum absolute atomic E-state index is 12.6. The van der Waals surface area contributed by atoms with Gasteiger partial charge in [-0.05, 0) is 83.5 Å². The predicted molar refractivity (Wildman–Crippen MR) is 233 cm³/mol. The van der Waals surface area contributed by atoms with Gasteiger partial charge in [0.1, 0.15) is 19.3 Å². The van der Waals surface area contributed by atoms with E-state index in [2.05, 4.69) is 111 Å². The van der Waals surface area contributed by atoms with E-state index in [-0.39, 0.29) is 25.8 Å². The van der Waals surface area contributed by atoms with E-state index in [1.54, 1.807) is 0 Å². The molecular weight excluding hydrogens is 709 g/mol. The quantitative estimate of drug-likeness (QED) is 0.0220. The van der Waals surface area contributed by atoms with Crippen molar-refractivity contribution in [1.29, 1.82) is 0 Å². The first-order valence-corrected chi connectivity index (χ1v) is 22.5. The highest BCUT2D eigenvalue weighted by atomic mass is 31.2. The third-order valence-corrected chi connectivity index (χ3v) is 9.09. The highest BCUT2D eigenvalue weighted by molar-refractivity contribution is 7.47. The van der Waals surface area contributed by atoms with Crippen LogP contribution in [-0.4, -0.2) is 75.6 Å². The van der Waals surface area contributed by atoms with Gasteiger partial charge in [-0.1, -0.05) is 137 Å². The molecule has 2 atom stereocenters. The number of phosphoric acid groups is 1. The van der Waals surface area contributed by atoms with Crippen LogP contribution in [0.4, 0.5) is 0 Å². The SMILES string of the molecule is CC/C=C\C/C=C\C/C=C\C/C=C\C/C=C\C/C=C\CCCOCC(COP(=O)(O)OCC[N+](C)(C)C)OC(=O)CCCCCCC/C=C\C/C=C\CCC. The molecule has 0 amide bonds. The topological polar surface area (TPSA) is 91.3 Å². The summed E-state index contributed by atoms with van der Waals surface area (Å²) < 4.78 is 34.8. The normalized spacial score (nSPS) is 14.8. The standard InChI is InChI=1S/C46H78NO7P/c1-6-8-10-12-14-16-18-20-21-22-23-24-25-26-28-30-32-34-36-38-41-51-43-45(44-53-55(49,50)52-42-40-47(3,4)5)54-46(48)39-37-35-33-31-29-27-19-17-15-13-11-9-7-2/h8,10-11,13-14,16-17,19-21,23-24,26,28,32,34,45H,6-7,9,12,15,18,22,25,27,29-31,33,35-44H2,1-5H3/p+1/b10-8-,13-11-,16-14-,19-17-,21-20-,24-23-,28-26-,34-32-. The fourth-order valence-electron chi connectivity index (χ4n) is 4.90. The zero-order chi connectivity index (χ0) is 40.6. The first-order chi connectivity index (χ1) is 26.6. The zero-order valence-electron chi connectivity index (χ0n) is 35.4. The molecule has 8 nitrogen and oxygen atoms in total. The number of rotatable bonds is 37. The molecule has 0 saturated carbocycles. The van der Waals surface area contributed by atoms with Crippen LogP contribution in [0.2, 0.25) is 0 Å². The average molecular weight is 789 g/mol. The highest BCUT2D eigenvalue weighted by Gasteiger charge is 2.26. The van der Waals surface area contributed by atoms with Crippen molar-refractivity contribution in [3.05, 3.63) is 97.2 Å². The van der Waals surface area contributed by atoms with E-state index in [0.717, 1.165) is 103 Å². The van der Waals surface area contributed by atoms with E-state index in [9.17, 15) is 14.3 Å². The number of unbranched alkanes of at least 4 members (excludes halogenated alkanes) is 7. The number of phosphoric ester groups is 1. The van der Waals surface area contributed by atoms with Crippen LogP contribution in [0, 0.1) is 0 Å². The first kappa shape index (κ1) is 52.4. The van der Waals surface area contributed by atoms with Gasteiger partial charge in [-0.2, -0.15) is 0 Å². The lowest BCUT2D eigenvalue weighted by molar-refractivity contribution is -0.870. The number of ether oxygens (including phenoxy) is 2. The Labute approximate surface area is 337 Å².